The Bertz CT molecular complexity index is 1010. The first kappa shape index (κ1) is 22.6. The molecule has 0 spiro atoms. The number of ether oxygens (including phenoxy) is 5. The smallest absolute Gasteiger partial charge is 0.286 e. The van der Waals surface area contributed by atoms with Gasteiger partial charge in [0.1, 0.15) is 18.8 Å². The van der Waals surface area contributed by atoms with Crippen molar-refractivity contribution in [3.8, 4) is 23.0 Å². The van der Waals surface area contributed by atoms with Gasteiger partial charge in [-0.25, -0.2) is 0 Å². The molecule has 0 saturated heterocycles. The number of amides is 2. The number of nitro benzene ring substituents is 1. The highest BCUT2D eigenvalue weighted by atomic mass is 16.6. The highest BCUT2D eigenvalue weighted by Gasteiger charge is 2.29. The molecule has 2 aromatic rings. The number of nitro groups is 1. The Morgan fingerprint density at radius 3 is 2.56 bits per heavy atom. The Labute approximate surface area is 182 Å². The van der Waals surface area contributed by atoms with E-state index in [2.05, 4.69) is 10.9 Å². The van der Waals surface area contributed by atoms with Gasteiger partial charge in [0.05, 0.1) is 24.7 Å². The summed E-state index contributed by atoms with van der Waals surface area (Å²) in [6.45, 7) is 0.307. The van der Waals surface area contributed by atoms with Crippen LogP contribution < -0.4 is 29.8 Å². The predicted octanol–water partition coefficient (Wildman–Crippen LogP) is 1.23. The van der Waals surface area contributed by atoms with Crippen molar-refractivity contribution >= 4 is 17.5 Å². The summed E-state index contributed by atoms with van der Waals surface area (Å²) >= 11 is 0. The molecule has 170 valence electrons. The minimum atomic E-state index is -1.02. The quantitative estimate of drug-likeness (QED) is 0.346. The van der Waals surface area contributed by atoms with Gasteiger partial charge in [-0.15, -0.1) is 0 Å². The van der Waals surface area contributed by atoms with Crippen molar-refractivity contribution in [3.63, 3.8) is 0 Å². The van der Waals surface area contributed by atoms with E-state index in [9.17, 15) is 19.7 Å². The number of hydrogen-bond donors (Lipinski definition) is 2. The van der Waals surface area contributed by atoms with Crippen LogP contribution in [0.1, 0.15) is 10.4 Å². The van der Waals surface area contributed by atoms with Crippen molar-refractivity contribution < 1.29 is 38.2 Å². The lowest BCUT2D eigenvalue weighted by molar-refractivity contribution is -0.385. The third-order valence-electron chi connectivity index (χ3n) is 4.37. The molecule has 32 heavy (non-hydrogen) atoms. The van der Waals surface area contributed by atoms with Gasteiger partial charge in [-0.1, -0.05) is 12.1 Å². The van der Waals surface area contributed by atoms with Gasteiger partial charge in [0.25, 0.3) is 17.5 Å². The summed E-state index contributed by atoms with van der Waals surface area (Å²) in [6, 6.07) is 9.04. The lowest BCUT2D eigenvalue weighted by Crippen LogP contribution is -2.50. The molecule has 1 aliphatic heterocycles. The number of para-hydroxylation sites is 2. The molecular weight excluding hydrogens is 426 g/mol. The van der Waals surface area contributed by atoms with Crippen molar-refractivity contribution in [3.05, 3.63) is 52.1 Å². The molecule has 0 aliphatic carbocycles. The monoisotopic (exact) mass is 447 g/mol. The molecule has 12 nitrogen and oxygen atoms in total. The fraction of sp³-hybridized carbons (Fsp3) is 0.300. The summed E-state index contributed by atoms with van der Waals surface area (Å²) in [4.78, 5) is 35.7. The highest BCUT2D eigenvalue weighted by molar-refractivity contribution is 6.00. The zero-order valence-electron chi connectivity index (χ0n) is 17.3. The summed E-state index contributed by atoms with van der Waals surface area (Å²) in [5.41, 5.74) is 3.46. The van der Waals surface area contributed by atoms with Gasteiger partial charge in [-0.3, -0.25) is 30.6 Å². The molecule has 1 aliphatic rings. The number of carbonyl (C=O) groups is 2. The molecule has 0 radical (unpaired) electrons. The van der Waals surface area contributed by atoms with Gasteiger partial charge in [0.2, 0.25) is 6.10 Å². The largest absolute Gasteiger partial charge is 0.493 e. The highest BCUT2D eigenvalue weighted by Crippen LogP contribution is 2.35. The molecule has 2 N–H and O–H groups in total. The van der Waals surface area contributed by atoms with Gasteiger partial charge in [-0.05, 0) is 12.1 Å². The van der Waals surface area contributed by atoms with Crippen LogP contribution in [0.4, 0.5) is 5.69 Å². The fourth-order valence-electron chi connectivity index (χ4n) is 2.80. The zero-order chi connectivity index (χ0) is 23.1. The van der Waals surface area contributed by atoms with E-state index in [1.54, 1.807) is 24.3 Å². The number of carbonyl (C=O) groups excluding carboxylic acids is 2. The maximum Gasteiger partial charge on any atom is 0.286 e. The maximum absolute atomic E-state index is 12.6. The van der Waals surface area contributed by atoms with E-state index in [4.69, 9.17) is 23.7 Å². The van der Waals surface area contributed by atoms with Crippen molar-refractivity contribution in [2.45, 2.75) is 6.10 Å². The summed E-state index contributed by atoms with van der Waals surface area (Å²) in [7, 11) is 2.81. The summed E-state index contributed by atoms with van der Waals surface area (Å²) in [6.07, 6.45) is -1.02. The summed E-state index contributed by atoms with van der Waals surface area (Å²) < 4.78 is 26.5. The second-order valence-corrected chi connectivity index (χ2v) is 6.43. The molecule has 1 atom stereocenters. The molecule has 2 amide bonds. The molecule has 1 heterocycles. The topological polar surface area (TPSA) is 147 Å². The third-order valence-corrected chi connectivity index (χ3v) is 4.37. The van der Waals surface area contributed by atoms with E-state index in [0.717, 1.165) is 12.1 Å². The van der Waals surface area contributed by atoms with Gasteiger partial charge < -0.3 is 23.7 Å². The normalized spacial score (nSPS) is 14.2. The molecule has 1 unspecified atom stereocenters. The molecule has 2 aromatic carbocycles. The van der Waals surface area contributed by atoms with Crippen LogP contribution in [0.2, 0.25) is 0 Å². The van der Waals surface area contributed by atoms with Crippen LogP contribution in [0.5, 0.6) is 23.0 Å². The van der Waals surface area contributed by atoms with E-state index in [1.807, 2.05) is 0 Å². The van der Waals surface area contributed by atoms with E-state index in [-0.39, 0.29) is 36.9 Å². The van der Waals surface area contributed by atoms with Crippen LogP contribution in [0.3, 0.4) is 0 Å². The van der Waals surface area contributed by atoms with Crippen molar-refractivity contribution in [2.24, 2.45) is 0 Å². The van der Waals surface area contributed by atoms with E-state index in [0.29, 0.717) is 11.5 Å². The summed E-state index contributed by atoms with van der Waals surface area (Å²) in [5, 5.41) is 11.5. The Balaban J connectivity index is 1.70. The lowest BCUT2D eigenvalue weighted by Gasteiger charge is -2.25. The minimum absolute atomic E-state index is 0.0692. The minimum Gasteiger partial charge on any atom is -0.493 e. The number of nitrogens with one attached hydrogen (secondary N) is 2. The van der Waals surface area contributed by atoms with Crippen molar-refractivity contribution in [1.82, 2.24) is 10.9 Å². The predicted molar refractivity (Wildman–Crippen MR) is 109 cm³/mol. The second kappa shape index (κ2) is 10.3. The van der Waals surface area contributed by atoms with Crippen LogP contribution in [0.25, 0.3) is 0 Å². The Morgan fingerprint density at radius 1 is 1.12 bits per heavy atom. The van der Waals surface area contributed by atoms with Crippen LogP contribution in [-0.2, 0) is 9.53 Å². The number of benzene rings is 2. The number of methoxy groups -OCH3 is 2. The first-order valence-corrected chi connectivity index (χ1v) is 9.41. The number of hydrazine groups is 1. The van der Waals surface area contributed by atoms with Gasteiger partial charge in [0.15, 0.2) is 23.0 Å². The van der Waals surface area contributed by atoms with Gasteiger partial charge >= 0.3 is 0 Å². The SMILES string of the molecule is COCCOc1cc([N+](=O)[O-])c(C(=O)NNC(=O)C2COc3ccccc3O2)cc1OC. The van der Waals surface area contributed by atoms with Crippen LogP contribution in [0.15, 0.2) is 36.4 Å². The average molecular weight is 447 g/mol. The van der Waals surface area contributed by atoms with E-state index in [1.165, 1.54) is 14.2 Å². The first-order chi connectivity index (χ1) is 15.4. The van der Waals surface area contributed by atoms with Gasteiger partial charge in [-0.2, -0.15) is 0 Å². The standard InChI is InChI=1S/C20H21N3O9/c1-28-7-8-30-17-10-13(23(26)27)12(9-16(17)29-2)19(24)21-22-20(25)18-11-31-14-5-3-4-6-15(14)32-18/h3-6,9-10,18H,7-8,11H2,1-2H3,(H,21,24)(H,22,25). The summed E-state index contributed by atoms with van der Waals surface area (Å²) in [5.74, 6) is -0.566. The van der Waals surface area contributed by atoms with E-state index < -0.39 is 28.5 Å². The third kappa shape index (κ3) is 5.16. The molecule has 3 rings (SSSR count). The fourth-order valence-corrected chi connectivity index (χ4v) is 2.80. The number of nitrogens with zero attached hydrogens (tertiary/aromatic N) is 1. The van der Waals surface area contributed by atoms with Crippen LogP contribution >= 0.6 is 0 Å². The molecule has 0 fully saturated rings. The lowest BCUT2D eigenvalue weighted by atomic mass is 10.1. The Hall–Kier alpha value is -4.06. The van der Waals surface area contributed by atoms with Gasteiger partial charge in [0, 0.05) is 13.2 Å². The average Bonchev–Trinajstić information content (AvgIpc) is 2.81. The molecule has 0 bridgehead atoms. The Morgan fingerprint density at radius 2 is 1.88 bits per heavy atom. The zero-order valence-corrected chi connectivity index (χ0v) is 17.3. The number of rotatable bonds is 8. The van der Waals surface area contributed by atoms with Crippen LogP contribution in [-0.4, -0.2) is 56.9 Å². The van der Waals surface area contributed by atoms with E-state index >= 15 is 0 Å². The second-order valence-electron chi connectivity index (χ2n) is 6.43. The maximum atomic E-state index is 12.6. The Kier molecular flexibility index (Phi) is 7.29. The van der Waals surface area contributed by atoms with Crippen molar-refractivity contribution in [2.75, 3.05) is 34.0 Å². The van der Waals surface area contributed by atoms with Crippen molar-refractivity contribution in [1.29, 1.82) is 0 Å². The first-order valence-electron chi connectivity index (χ1n) is 9.41. The molecule has 12 heteroatoms. The van der Waals surface area contributed by atoms with Crippen LogP contribution in [0, 0.1) is 10.1 Å². The molecular formula is C20H21N3O9. The molecule has 0 saturated carbocycles. The number of hydrogen-bond acceptors (Lipinski definition) is 9. The number of fused-ring (bicyclic) bond motifs is 1. The molecule has 0 aromatic heterocycles.